The predicted molar refractivity (Wildman–Crippen MR) is 88.7 cm³/mol. The number of hydrogen-bond acceptors (Lipinski definition) is 7. The number of piperidine rings is 1. The normalized spacial score (nSPS) is 19.0. The van der Waals surface area contributed by atoms with Crippen LogP contribution >= 0.6 is 0 Å². The second-order valence-electron chi connectivity index (χ2n) is 6.02. The molecule has 2 aliphatic rings. The van der Waals surface area contributed by atoms with Gasteiger partial charge in [-0.15, -0.1) is 0 Å². The van der Waals surface area contributed by atoms with Crippen molar-refractivity contribution in [2.24, 2.45) is 0 Å². The van der Waals surface area contributed by atoms with Crippen LogP contribution in [0.5, 0.6) is 5.75 Å². The lowest BCUT2D eigenvalue weighted by Gasteiger charge is -2.27. The zero-order valence-corrected chi connectivity index (χ0v) is 14.2. The summed E-state index contributed by atoms with van der Waals surface area (Å²) in [6.45, 7) is -0.421. The van der Waals surface area contributed by atoms with Gasteiger partial charge in [0.2, 0.25) is 11.8 Å². The Balaban J connectivity index is 1.74. The molecule has 0 saturated carbocycles. The summed E-state index contributed by atoms with van der Waals surface area (Å²) in [5, 5.41) is 13.2. The van der Waals surface area contributed by atoms with Gasteiger partial charge >= 0.3 is 0 Å². The van der Waals surface area contributed by atoms with Gasteiger partial charge in [0.05, 0.1) is 17.7 Å². The van der Waals surface area contributed by atoms with E-state index in [4.69, 9.17) is 9.84 Å². The molecule has 5 amide bonds. The number of carbonyl (C=O) groups is 5. The molecule has 27 heavy (non-hydrogen) atoms. The number of rotatable bonds is 6. The number of benzene rings is 1. The zero-order chi connectivity index (χ0) is 19.6. The number of amides is 5. The molecule has 142 valence electrons. The fourth-order valence-electron chi connectivity index (χ4n) is 2.94. The van der Waals surface area contributed by atoms with E-state index in [1.807, 2.05) is 0 Å². The van der Waals surface area contributed by atoms with E-state index in [1.54, 1.807) is 0 Å². The van der Waals surface area contributed by atoms with Crippen LogP contribution in [-0.4, -0.2) is 65.3 Å². The molecule has 1 unspecified atom stereocenters. The van der Waals surface area contributed by atoms with E-state index >= 15 is 0 Å². The minimum Gasteiger partial charge on any atom is -0.484 e. The number of aliphatic hydroxyl groups excluding tert-OH is 1. The molecule has 0 aliphatic carbocycles. The van der Waals surface area contributed by atoms with Crippen molar-refractivity contribution in [2.45, 2.75) is 18.9 Å². The van der Waals surface area contributed by atoms with Crippen molar-refractivity contribution < 1.29 is 33.8 Å². The molecule has 1 atom stereocenters. The molecule has 1 aromatic carbocycles. The van der Waals surface area contributed by atoms with E-state index in [0.29, 0.717) is 0 Å². The van der Waals surface area contributed by atoms with Crippen LogP contribution in [0.2, 0.25) is 0 Å². The first-order chi connectivity index (χ1) is 12.9. The van der Waals surface area contributed by atoms with E-state index < -0.39 is 35.6 Å². The predicted octanol–water partition coefficient (Wildman–Crippen LogP) is -1.42. The summed E-state index contributed by atoms with van der Waals surface area (Å²) in [6.07, 6.45) is 0.117. The summed E-state index contributed by atoms with van der Waals surface area (Å²) < 4.78 is 5.29. The SMILES string of the molecule is O=C(COc1ccc2c(c1)C(=O)N(C1CCC(=O)NC1=O)C2=O)NCCO. The van der Waals surface area contributed by atoms with Gasteiger partial charge in [-0.05, 0) is 24.6 Å². The molecule has 0 radical (unpaired) electrons. The Labute approximate surface area is 153 Å². The molecular weight excluding hydrogens is 358 g/mol. The summed E-state index contributed by atoms with van der Waals surface area (Å²) in [5.41, 5.74) is 0.194. The lowest BCUT2D eigenvalue weighted by molar-refractivity contribution is -0.136. The molecule has 1 aromatic rings. The Morgan fingerprint density at radius 1 is 1.22 bits per heavy atom. The zero-order valence-electron chi connectivity index (χ0n) is 14.2. The molecule has 1 saturated heterocycles. The van der Waals surface area contributed by atoms with Crippen molar-refractivity contribution in [3.63, 3.8) is 0 Å². The van der Waals surface area contributed by atoms with Crippen LogP contribution in [0.25, 0.3) is 0 Å². The van der Waals surface area contributed by atoms with Crippen LogP contribution < -0.4 is 15.4 Å². The lowest BCUT2D eigenvalue weighted by atomic mass is 10.0. The summed E-state index contributed by atoms with van der Waals surface area (Å²) in [6, 6.07) is 3.13. The Hall–Kier alpha value is -3.27. The number of carbonyl (C=O) groups excluding carboxylic acids is 5. The number of nitrogens with zero attached hydrogens (tertiary/aromatic N) is 1. The smallest absolute Gasteiger partial charge is 0.262 e. The molecule has 1 fully saturated rings. The summed E-state index contributed by atoms with van der Waals surface area (Å²) in [5.74, 6) is -2.63. The van der Waals surface area contributed by atoms with Crippen LogP contribution in [0.15, 0.2) is 18.2 Å². The van der Waals surface area contributed by atoms with E-state index in [2.05, 4.69) is 10.6 Å². The quantitative estimate of drug-likeness (QED) is 0.518. The molecule has 0 spiro atoms. The third kappa shape index (κ3) is 3.65. The molecule has 3 rings (SSSR count). The lowest BCUT2D eigenvalue weighted by Crippen LogP contribution is -2.54. The molecule has 2 aliphatic heterocycles. The van der Waals surface area contributed by atoms with Gasteiger partial charge in [-0.25, -0.2) is 0 Å². The average molecular weight is 375 g/mol. The number of aliphatic hydroxyl groups is 1. The first-order valence-corrected chi connectivity index (χ1v) is 8.28. The maximum absolute atomic E-state index is 12.6. The van der Waals surface area contributed by atoms with Crippen molar-refractivity contribution in [1.29, 1.82) is 0 Å². The van der Waals surface area contributed by atoms with Gasteiger partial charge in [0.25, 0.3) is 17.7 Å². The van der Waals surface area contributed by atoms with Crippen LogP contribution in [0.4, 0.5) is 0 Å². The molecule has 0 bridgehead atoms. The highest BCUT2D eigenvalue weighted by molar-refractivity contribution is 6.23. The topological polar surface area (TPSA) is 142 Å². The molecule has 10 nitrogen and oxygen atoms in total. The third-order valence-corrected chi connectivity index (χ3v) is 4.22. The maximum Gasteiger partial charge on any atom is 0.262 e. The average Bonchev–Trinajstić information content (AvgIpc) is 2.89. The third-order valence-electron chi connectivity index (χ3n) is 4.22. The Kier molecular flexibility index (Phi) is 5.17. The molecular formula is C17H17N3O7. The van der Waals surface area contributed by atoms with Gasteiger partial charge in [-0.1, -0.05) is 0 Å². The van der Waals surface area contributed by atoms with Crippen molar-refractivity contribution in [3.05, 3.63) is 29.3 Å². The van der Waals surface area contributed by atoms with E-state index in [9.17, 15) is 24.0 Å². The minimum absolute atomic E-state index is 0.0428. The highest BCUT2D eigenvalue weighted by Crippen LogP contribution is 2.30. The highest BCUT2D eigenvalue weighted by atomic mass is 16.5. The van der Waals surface area contributed by atoms with Crippen LogP contribution in [0.1, 0.15) is 33.6 Å². The van der Waals surface area contributed by atoms with Gasteiger partial charge in [-0.2, -0.15) is 0 Å². The summed E-state index contributed by atoms with van der Waals surface area (Å²) in [7, 11) is 0. The molecule has 3 N–H and O–H groups in total. The summed E-state index contributed by atoms with van der Waals surface area (Å²) in [4.78, 5) is 60.8. The number of fused-ring (bicyclic) bond motifs is 1. The minimum atomic E-state index is -1.04. The second kappa shape index (κ2) is 7.54. The maximum atomic E-state index is 12.6. The second-order valence-corrected chi connectivity index (χ2v) is 6.02. The van der Waals surface area contributed by atoms with Gasteiger partial charge in [0.1, 0.15) is 11.8 Å². The van der Waals surface area contributed by atoms with Crippen molar-refractivity contribution in [2.75, 3.05) is 19.8 Å². The number of hydrogen-bond donors (Lipinski definition) is 3. The fraction of sp³-hybridized carbons (Fsp3) is 0.353. The fourth-order valence-corrected chi connectivity index (χ4v) is 2.94. The van der Waals surface area contributed by atoms with Crippen molar-refractivity contribution in [1.82, 2.24) is 15.5 Å². The van der Waals surface area contributed by atoms with Crippen molar-refractivity contribution >= 4 is 29.5 Å². The highest BCUT2D eigenvalue weighted by Gasteiger charge is 2.44. The van der Waals surface area contributed by atoms with E-state index in [0.717, 1.165) is 4.90 Å². The van der Waals surface area contributed by atoms with E-state index in [1.165, 1.54) is 18.2 Å². The number of imide groups is 2. The van der Waals surface area contributed by atoms with Crippen LogP contribution in [-0.2, 0) is 14.4 Å². The van der Waals surface area contributed by atoms with Gasteiger partial charge in [0.15, 0.2) is 6.61 Å². The Bertz CT molecular complexity index is 836. The monoisotopic (exact) mass is 375 g/mol. The van der Waals surface area contributed by atoms with Crippen LogP contribution in [0.3, 0.4) is 0 Å². The Morgan fingerprint density at radius 3 is 2.67 bits per heavy atom. The van der Waals surface area contributed by atoms with E-state index in [-0.39, 0.29) is 49.5 Å². The number of nitrogens with one attached hydrogen (secondary N) is 2. The van der Waals surface area contributed by atoms with Gasteiger partial charge in [0, 0.05) is 13.0 Å². The molecule has 2 heterocycles. The molecule has 10 heteroatoms. The first-order valence-electron chi connectivity index (χ1n) is 8.28. The summed E-state index contributed by atoms with van der Waals surface area (Å²) >= 11 is 0. The van der Waals surface area contributed by atoms with Gasteiger partial charge < -0.3 is 15.2 Å². The van der Waals surface area contributed by atoms with Crippen LogP contribution in [0, 0.1) is 0 Å². The number of ether oxygens (including phenoxy) is 1. The van der Waals surface area contributed by atoms with Gasteiger partial charge in [-0.3, -0.25) is 34.2 Å². The largest absolute Gasteiger partial charge is 0.484 e. The molecule has 0 aromatic heterocycles. The Morgan fingerprint density at radius 2 is 1.96 bits per heavy atom. The first kappa shape index (κ1) is 18.5. The standard InChI is InChI=1S/C17H17N3O7/c21-6-5-18-14(23)8-27-9-1-2-10-11(7-9)17(26)20(16(10)25)12-3-4-13(22)19-15(12)24/h1-2,7,12,21H,3-6,8H2,(H,18,23)(H,19,22,24). The van der Waals surface area contributed by atoms with Crippen molar-refractivity contribution in [3.8, 4) is 5.75 Å².